The van der Waals surface area contributed by atoms with Crippen molar-refractivity contribution in [1.29, 1.82) is 0 Å². The van der Waals surface area contributed by atoms with Crippen LogP contribution in [-0.4, -0.2) is 43.7 Å². The fraction of sp³-hybridized carbons (Fsp3) is 0.429. The number of nitrogens with zero attached hydrogens (tertiary/aromatic N) is 1. The summed E-state index contributed by atoms with van der Waals surface area (Å²) in [5.74, 6) is 0.903. The Morgan fingerprint density at radius 1 is 1.38 bits per heavy atom. The lowest BCUT2D eigenvalue weighted by Gasteiger charge is -2.16. The monoisotopic (exact) mass is 519 g/mol. The molecule has 2 N–H and O–H groups in total. The van der Waals surface area contributed by atoms with Crippen LogP contribution in [0.25, 0.3) is 0 Å². The first-order chi connectivity index (χ1) is 15.0. The highest BCUT2D eigenvalue weighted by molar-refractivity contribution is 8.05. The van der Waals surface area contributed by atoms with Gasteiger partial charge in [0.15, 0.2) is 15.7 Å². The SMILES string of the molecule is C/C=C/C(=N\NCc1cc(Cl)ccc1OCC(C)C)NC(=O)C1SC=C(S(C)(=O)=O)C1Cl. The molecule has 0 aromatic heterocycles. The number of ether oxygens (including phenoxy) is 1. The van der Waals surface area contributed by atoms with Crippen molar-refractivity contribution in [3.8, 4) is 5.75 Å². The van der Waals surface area contributed by atoms with E-state index in [9.17, 15) is 13.2 Å². The largest absolute Gasteiger partial charge is 0.493 e. The van der Waals surface area contributed by atoms with Gasteiger partial charge in [0.1, 0.15) is 11.0 Å². The van der Waals surface area contributed by atoms with Crippen LogP contribution in [-0.2, 0) is 21.2 Å². The quantitative estimate of drug-likeness (QED) is 0.221. The van der Waals surface area contributed by atoms with Crippen molar-refractivity contribution in [3.63, 3.8) is 0 Å². The molecule has 7 nitrogen and oxygen atoms in total. The molecule has 2 rings (SSSR count). The maximum atomic E-state index is 12.7. The zero-order valence-electron chi connectivity index (χ0n) is 18.3. The molecule has 0 spiro atoms. The molecule has 0 bridgehead atoms. The minimum Gasteiger partial charge on any atom is -0.493 e. The smallest absolute Gasteiger partial charge is 0.240 e. The van der Waals surface area contributed by atoms with Gasteiger partial charge >= 0.3 is 0 Å². The molecule has 1 aliphatic rings. The van der Waals surface area contributed by atoms with Gasteiger partial charge in [-0.2, -0.15) is 5.10 Å². The van der Waals surface area contributed by atoms with Crippen molar-refractivity contribution in [2.75, 3.05) is 12.9 Å². The molecule has 0 saturated heterocycles. The molecule has 11 heteroatoms. The summed E-state index contributed by atoms with van der Waals surface area (Å²) in [6.07, 6.45) is 4.41. The summed E-state index contributed by atoms with van der Waals surface area (Å²) < 4.78 is 29.4. The van der Waals surface area contributed by atoms with Crippen molar-refractivity contribution in [2.45, 2.75) is 37.9 Å². The average Bonchev–Trinajstić information content (AvgIpc) is 3.09. The zero-order chi connectivity index (χ0) is 23.9. The van der Waals surface area contributed by atoms with E-state index in [4.69, 9.17) is 27.9 Å². The van der Waals surface area contributed by atoms with E-state index >= 15 is 0 Å². The lowest BCUT2D eigenvalue weighted by molar-refractivity contribution is -0.119. The normalized spacial score (nSPS) is 19.3. The third-order valence-electron chi connectivity index (χ3n) is 4.19. The Balaban J connectivity index is 2.05. The van der Waals surface area contributed by atoms with Crippen LogP contribution in [0, 0.1) is 5.92 Å². The van der Waals surface area contributed by atoms with E-state index in [0.717, 1.165) is 23.6 Å². The Bertz CT molecular complexity index is 1020. The first-order valence-electron chi connectivity index (χ1n) is 9.88. The van der Waals surface area contributed by atoms with Gasteiger partial charge in [-0.15, -0.1) is 23.4 Å². The predicted octanol–water partition coefficient (Wildman–Crippen LogP) is 4.08. The Labute approximate surface area is 203 Å². The summed E-state index contributed by atoms with van der Waals surface area (Å²) in [6.45, 7) is 6.80. The number of alkyl halides is 1. The van der Waals surface area contributed by atoms with E-state index in [1.807, 2.05) is 6.07 Å². The standard InChI is InChI=1S/C21H27Cl2N3O4S2/c1-5-6-18(25-21(27)20-19(23)17(12-31-20)32(4,28)29)26-24-10-14-9-15(22)7-8-16(14)30-11-13(2)3/h5-9,12-13,19-20,24H,10-11H2,1-4H3,(H,25,26,27)/b6-5+. The molecule has 1 aliphatic heterocycles. The van der Waals surface area contributed by atoms with Gasteiger partial charge in [0.25, 0.3) is 0 Å². The number of thioether (sulfide) groups is 1. The molecule has 0 radical (unpaired) electrons. The number of benzene rings is 1. The van der Waals surface area contributed by atoms with Crippen LogP contribution in [0.5, 0.6) is 5.75 Å². The molecule has 1 aromatic rings. The second kappa shape index (κ2) is 12.0. The van der Waals surface area contributed by atoms with Gasteiger partial charge in [0.2, 0.25) is 5.91 Å². The fourth-order valence-corrected chi connectivity index (χ4v) is 6.17. The predicted molar refractivity (Wildman–Crippen MR) is 133 cm³/mol. The molecule has 1 aromatic carbocycles. The molecule has 0 saturated carbocycles. The molecule has 1 amide bonds. The fourth-order valence-electron chi connectivity index (χ4n) is 2.67. The number of hydrogen-bond acceptors (Lipinski definition) is 7. The molecule has 2 unspecified atom stereocenters. The third-order valence-corrected chi connectivity index (χ3v) is 7.74. The number of sulfone groups is 1. The first kappa shape index (κ1) is 26.6. The van der Waals surface area contributed by atoms with Crippen LogP contribution < -0.4 is 15.5 Å². The number of rotatable bonds is 9. The first-order valence-corrected chi connectivity index (χ1v) is 13.5. The average molecular weight is 521 g/mol. The van der Waals surface area contributed by atoms with E-state index in [0.29, 0.717) is 29.8 Å². The van der Waals surface area contributed by atoms with Crippen LogP contribution in [0.4, 0.5) is 0 Å². The number of halogens is 2. The van der Waals surface area contributed by atoms with Crippen LogP contribution in [0.1, 0.15) is 26.3 Å². The molecule has 1 heterocycles. The van der Waals surface area contributed by atoms with Crippen molar-refractivity contribution in [1.82, 2.24) is 10.7 Å². The molecule has 176 valence electrons. The number of carbonyl (C=O) groups is 1. The highest BCUT2D eigenvalue weighted by atomic mass is 35.5. The summed E-state index contributed by atoms with van der Waals surface area (Å²) in [6, 6.07) is 5.36. The van der Waals surface area contributed by atoms with Crippen molar-refractivity contribution < 1.29 is 17.9 Å². The maximum absolute atomic E-state index is 12.7. The number of nitrogens with one attached hydrogen (secondary N) is 2. The number of hydrazone groups is 1. The second-order valence-corrected chi connectivity index (χ2v) is 11.5. The van der Waals surface area contributed by atoms with E-state index in [-0.39, 0.29) is 10.7 Å². The van der Waals surface area contributed by atoms with Gasteiger partial charge in [-0.25, -0.2) is 8.42 Å². The van der Waals surface area contributed by atoms with Gasteiger partial charge in [-0.1, -0.05) is 31.5 Å². The van der Waals surface area contributed by atoms with Gasteiger partial charge in [0, 0.05) is 16.8 Å². The van der Waals surface area contributed by atoms with E-state index < -0.39 is 26.4 Å². The van der Waals surface area contributed by atoms with E-state index in [2.05, 4.69) is 29.7 Å². The Morgan fingerprint density at radius 3 is 2.69 bits per heavy atom. The highest BCUT2D eigenvalue weighted by Crippen LogP contribution is 2.37. The summed E-state index contributed by atoms with van der Waals surface area (Å²) in [7, 11) is -3.47. The summed E-state index contributed by atoms with van der Waals surface area (Å²) in [4.78, 5) is 12.7. The summed E-state index contributed by atoms with van der Waals surface area (Å²) >= 11 is 13.4. The molecule has 0 fully saturated rings. The Morgan fingerprint density at radius 2 is 2.09 bits per heavy atom. The Hall–Kier alpha value is -1.68. The molecule has 0 aliphatic carbocycles. The van der Waals surface area contributed by atoms with Gasteiger partial charge < -0.3 is 15.5 Å². The van der Waals surface area contributed by atoms with Crippen molar-refractivity contribution in [3.05, 3.63) is 51.3 Å². The number of hydrogen-bond donors (Lipinski definition) is 2. The minimum absolute atomic E-state index is 0.0434. The Kier molecular flexibility index (Phi) is 9.94. The van der Waals surface area contributed by atoms with Crippen molar-refractivity contribution >= 4 is 56.5 Å². The van der Waals surface area contributed by atoms with Crippen LogP contribution >= 0.6 is 35.0 Å². The lowest BCUT2D eigenvalue weighted by atomic mass is 10.2. The molecular weight excluding hydrogens is 493 g/mol. The van der Waals surface area contributed by atoms with Gasteiger partial charge in [0.05, 0.1) is 23.4 Å². The molecular formula is C21H27Cl2N3O4S2. The maximum Gasteiger partial charge on any atom is 0.240 e. The van der Waals surface area contributed by atoms with E-state index in [1.165, 1.54) is 5.41 Å². The number of carbonyl (C=O) groups excluding carboxylic acids is 1. The second-order valence-electron chi connectivity index (χ2n) is 7.53. The highest BCUT2D eigenvalue weighted by Gasteiger charge is 2.38. The van der Waals surface area contributed by atoms with Crippen LogP contribution in [0.2, 0.25) is 5.02 Å². The summed E-state index contributed by atoms with van der Waals surface area (Å²) in [5, 5.41) is 7.20. The van der Waals surface area contributed by atoms with E-state index in [1.54, 1.807) is 31.2 Å². The number of amidine groups is 1. The topological polar surface area (TPSA) is 96.9 Å². The molecule has 2 atom stereocenters. The van der Waals surface area contributed by atoms with Gasteiger partial charge in [-0.05, 0) is 42.5 Å². The molecule has 32 heavy (non-hydrogen) atoms. The van der Waals surface area contributed by atoms with Gasteiger partial charge in [-0.3, -0.25) is 4.79 Å². The third kappa shape index (κ3) is 7.72. The summed E-state index contributed by atoms with van der Waals surface area (Å²) in [5.41, 5.74) is 3.74. The zero-order valence-corrected chi connectivity index (χ0v) is 21.4. The van der Waals surface area contributed by atoms with Crippen molar-refractivity contribution in [2.24, 2.45) is 11.0 Å². The number of allylic oxidation sites excluding steroid dienone is 2. The van der Waals surface area contributed by atoms with Crippen LogP contribution in [0.3, 0.4) is 0 Å². The lowest BCUT2D eigenvalue weighted by Crippen LogP contribution is -2.40. The van der Waals surface area contributed by atoms with Crippen LogP contribution in [0.15, 0.2) is 45.8 Å². The minimum atomic E-state index is -3.47. The number of amides is 1.